The van der Waals surface area contributed by atoms with Crippen LogP contribution in [-0.2, 0) is 0 Å². The maximum absolute atomic E-state index is 14.5. The molecule has 6 aromatic rings. The summed E-state index contributed by atoms with van der Waals surface area (Å²) in [7, 11) is 3.95. The molecule has 5 heterocycles. The number of aromatic amines is 2. The molecule has 0 unspecified atom stereocenters. The Morgan fingerprint density at radius 1 is 0.882 bits per heavy atom. The van der Waals surface area contributed by atoms with Gasteiger partial charge in [0.25, 0.3) is 0 Å². The molecule has 2 N–H and O–H groups in total. The Morgan fingerprint density at radius 3 is 2.59 bits per heavy atom. The fraction of sp³-hybridized carbons (Fsp3) is 0.0800. The number of H-pyrrole nitrogens is 2. The Morgan fingerprint density at radius 2 is 1.74 bits per heavy atom. The number of halogens is 1. The minimum atomic E-state index is -0.313. The van der Waals surface area contributed by atoms with Crippen LogP contribution >= 0.6 is 0 Å². The van der Waals surface area contributed by atoms with Crippen molar-refractivity contribution in [2.24, 2.45) is 0 Å². The average Bonchev–Trinajstić information content (AvgIpc) is 3.48. The van der Waals surface area contributed by atoms with Crippen molar-refractivity contribution in [1.82, 2.24) is 35.1 Å². The molecular weight excluding hydrogens is 431 g/mol. The molecule has 0 aliphatic heterocycles. The molecule has 0 atom stereocenters. The number of imidazole rings is 1. The maximum Gasteiger partial charge on any atom is 0.161 e. The first-order valence-corrected chi connectivity index (χ1v) is 10.7. The molecule has 8 nitrogen and oxygen atoms in total. The highest BCUT2D eigenvalue weighted by Crippen LogP contribution is 2.33. The van der Waals surface area contributed by atoms with Crippen LogP contribution in [0.15, 0.2) is 67.3 Å². The summed E-state index contributed by atoms with van der Waals surface area (Å²) in [6, 6.07) is 12.5. The lowest BCUT2D eigenvalue weighted by Crippen LogP contribution is -2.08. The summed E-state index contributed by atoms with van der Waals surface area (Å²) < 4.78 is 14.5. The Bertz CT molecular complexity index is 1670. The number of rotatable bonds is 4. The quantitative estimate of drug-likeness (QED) is 0.399. The second-order valence-corrected chi connectivity index (χ2v) is 8.14. The van der Waals surface area contributed by atoms with E-state index in [-0.39, 0.29) is 5.82 Å². The Hall–Kier alpha value is -4.66. The summed E-state index contributed by atoms with van der Waals surface area (Å²) in [5.41, 5.74) is 6.36. The molecule has 0 saturated carbocycles. The van der Waals surface area contributed by atoms with Gasteiger partial charge < -0.3 is 9.88 Å². The molecule has 0 amide bonds. The smallest absolute Gasteiger partial charge is 0.161 e. The van der Waals surface area contributed by atoms with Gasteiger partial charge in [-0.25, -0.2) is 19.3 Å². The standard InChI is InChI=1S/C25H19FN8/c1-34(2)16-9-14(11-27-13-16)15-10-19-22(32-33-23(19)29-12-15)25-30-21-18(7-8-28-24(21)31-25)17-5-3-4-6-20(17)26/h3-13H,1-2H3,(H,28,30,31)(H,29,32,33). The molecule has 9 heteroatoms. The van der Waals surface area contributed by atoms with Crippen molar-refractivity contribution < 1.29 is 4.39 Å². The Labute approximate surface area is 193 Å². The lowest BCUT2D eigenvalue weighted by atomic mass is 10.1. The third kappa shape index (κ3) is 3.25. The van der Waals surface area contributed by atoms with Crippen LogP contribution in [0.3, 0.4) is 0 Å². The van der Waals surface area contributed by atoms with Gasteiger partial charge in [0.2, 0.25) is 0 Å². The van der Waals surface area contributed by atoms with Gasteiger partial charge in [-0.3, -0.25) is 10.1 Å². The first kappa shape index (κ1) is 20.0. The third-order valence-corrected chi connectivity index (χ3v) is 5.76. The highest BCUT2D eigenvalue weighted by atomic mass is 19.1. The number of pyridine rings is 3. The van der Waals surface area contributed by atoms with Crippen LogP contribution in [-0.4, -0.2) is 49.2 Å². The zero-order valence-electron chi connectivity index (χ0n) is 18.4. The van der Waals surface area contributed by atoms with Gasteiger partial charge in [0.05, 0.1) is 17.3 Å². The molecule has 34 heavy (non-hydrogen) atoms. The lowest BCUT2D eigenvalue weighted by molar-refractivity contribution is 0.631. The molecule has 5 aromatic heterocycles. The molecule has 1 aromatic carbocycles. The van der Waals surface area contributed by atoms with Gasteiger partial charge in [0, 0.05) is 54.9 Å². The highest BCUT2D eigenvalue weighted by Gasteiger charge is 2.18. The molecule has 0 aliphatic rings. The van der Waals surface area contributed by atoms with Crippen LogP contribution in [0.25, 0.3) is 56.0 Å². The van der Waals surface area contributed by atoms with Crippen LogP contribution in [0.2, 0.25) is 0 Å². The largest absolute Gasteiger partial charge is 0.376 e. The van der Waals surface area contributed by atoms with E-state index < -0.39 is 0 Å². The van der Waals surface area contributed by atoms with Crippen molar-refractivity contribution in [3.05, 3.63) is 73.1 Å². The summed E-state index contributed by atoms with van der Waals surface area (Å²) in [5, 5.41) is 8.23. The van der Waals surface area contributed by atoms with Crippen molar-refractivity contribution in [2.45, 2.75) is 0 Å². The highest BCUT2D eigenvalue weighted by molar-refractivity contribution is 5.96. The number of hydrogen-bond donors (Lipinski definition) is 2. The van der Waals surface area contributed by atoms with Crippen molar-refractivity contribution in [1.29, 1.82) is 0 Å². The summed E-state index contributed by atoms with van der Waals surface area (Å²) in [5.74, 6) is 0.212. The zero-order valence-corrected chi connectivity index (χ0v) is 18.4. The van der Waals surface area contributed by atoms with Gasteiger partial charge >= 0.3 is 0 Å². The number of anilines is 1. The topological polar surface area (TPSA) is 99.3 Å². The van der Waals surface area contributed by atoms with Gasteiger partial charge in [-0.05, 0) is 24.3 Å². The van der Waals surface area contributed by atoms with E-state index in [2.05, 4.69) is 36.2 Å². The summed E-state index contributed by atoms with van der Waals surface area (Å²) >= 11 is 0. The number of benzene rings is 1. The fourth-order valence-corrected chi connectivity index (χ4v) is 3.99. The fourth-order valence-electron chi connectivity index (χ4n) is 3.99. The molecule has 0 saturated heterocycles. The number of aromatic nitrogens is 7. The van der Waals surface area contributed by atoms with E-state index in [0.717, 1.165) is 22.2 Å². The van der Waals surface area contributed by atoms with Crippen LogP contribution in [0, 0.1) is 5.82 Å². The van der Waals surface area contributed by atoms with Crippen LogP contribution in [0.5, 0.6) is 0 Å². The SMILES string of the molecule is CN(C)c1cncc(-c2cnc3[nH]nc(-c4nc5c(-c6ccccc6F)ccnc5[nH]4)c3c2)c1. The second-order valence-electron chi connectivity index (χ2n) is 8.14. The second kappa shape index (κ2) is 7.73. The Balaban J connectivity index is 1.49. The normalized spacial score (nSPS) is 11.4. The van der Waals surface area contributed by atoms with E-state index in [1.54, 1.807) is 42.9 Å². The van der Waals surface area contributed by atoms with E-state index >= 15 is 0 Å². The van der Waals surface area contributed by atoms with E-state index in [4.69, 9.17) is 4.98 Å². The van der Waals surface area contributed by atoms with E-state index in [0.29, 0.717) is 39.5 Å². The molecule has 0 bridgehead atoms. The predicted molar refractivity (Wildman–Crippen MR) is 130 cm³/mol. The molecule has 0 aliphatic carbocycles. The molecule has 0 radical (unpaired) electrons. The number of nitrogens with one attached hydrogen (secondary N) is 2. The van der Waals surface area contributed by atoms with E-state index in [1.165, 1.54) is 6.07 Å². The Kier molecular flexibility index (Phi) is 4.54. The van der Waals surface area contributed by atoms with Crippen LogP contribution in [0.1, 0.15) is 0 Å². The maximum atomic E-state index is 14.5. The molecule has 6 rings (SSSR count). The zero-order chi connectivity index (χ0) is 23.2. The van der Waals surface area contributed by atoms with Gasteiger partial charge in [0.15, 0.2) is 17.1 Å². The summed E-state index contributed by atoms with van der Waals surface area (Å²) in [6.07, 6.45) is 7.05. The lowest BCUT2D eigenvalue weighted by Gasteiger charge is -2.12. The van der Waals surface area contributed by atoms with Gasteiger partial charge in [-0.1, -0.05) is 18.2 Å². The predicted octanol–water partition coefficient (Wildman–Crippen LogP) is 4.83. The summed E-state index contributed by atoms with van der Waals surface area (Å²) in [6.45, 7) is 0. The molecule has 0 spiro atoms. The van der Waals surface area contributed by atoms with Crippen molar-refractivity contribution in [3.8, 4) is 33.8 Å². The third-order valence-electron chi connectivity index (χ3n) is 5.76. The van der Waals surface area contributed by atoms with Gasteiger partial charge in [-0.15, -0.1) is 0 Å². The van der Waals surface area contributed by atoms with Crippen LogP contribution in [0.4, 0.5) is 10.1 Å². The van der Waals surface area contributed by atoms with Crippen LogP contribution < -0.4 is 4.90 Å². The van der Waals surface area contributed by atoms with Crippen molar-refractivity contribution in [2.75, 3.05) is 19.0 Å². The minimum Gasteiger partial charge on any atom is -0.376 e. The average molecular weight is 450 g/mol. The number of fused-ring (bicyclic) bond motifs is 2. The minimum absolute atomic E-state index is 0.313. The van der Waals surface area contributed by atoms with E-state index in [1.807, 2.05) is 31.3 Å². The van der Waals surface area contributed by atoms with Gasteiger partial charge in [0.1, 0.15) is 17.0 Å². The molecular formula is C25H19FN8. The first-order valence-electron chi connectivity index (χ1n) is 10.7. The summed E-state index contributed by atoms with van der Waals surface area (Å²) in [4.78, 5) is 23.3. The monoisotopic (exact) mass is 450 g/mol. The number of nitrogens with zero attached hydrogens (tertiary/aromatic N) is 6. The van der Waals surface area contributed by atoms with E-state index in [9.17, 15) is 4.39 Å². The van der Waals surface area contributed by atoms with Crippen molar-refractivity contribution >= 4 is 27.9 Å². The molecule has 0 fully saturated rings. The molecule has 166 valence electrons. The van der Waals surface area contributed by atoms with Crippen molar-refractivity contribution in [3.63, 3.8) is 0 Å². The first-order chi connectivity index (χ1) is 16.6. The van der Waals surface area contributed by atoms with Gasteiger partial charge in [-0.2, -0.15) is 5.10 Å². The number of hydrogen-bond acceptors (Lipinski definition) is 6.